The number of nitrogens with one attached hydrogen (secondary N) is 1. The van der Waals surface area contributed by atoms with Gasteiger partial charge < -0.3 is 19.5 Å². The van der Waals surface area contributed by atoms with Crippen LogP contribution in [0.3, 0.4) is 0 Å². The molecule has 2 aromatic rings. The lowest BCUT2D eigenvalue weighted by molar-refractivity contribution is -0.133. The molecule has 162 valence electrons. The quantitative estimate of drug-likeness (QED) is 0.791. The van der Waals surface area contributed by atoms with Crippen LogP contribution in [0.4, 0.5) is 14.8 Å². The van der Waals surface area contributed by atoms with Gasteiger partial charge in [0.1, 0.15) is 5.52 Å². The zero-order chi connectivity index (χ0) is 20.9. The monoisotopic (exact) mass is 439 g/mol. The van der Waals surface area contributed by atoms with Crippen molar-refractivity contribution >= 4 is 34.6 Å². The van der Waals surface area contributed by atoms with Gasteiger partial charge in [-0.05, 0) is 18.6 Å². The lowest BCUT2D eigenvalue weighted by atomic mass is 10.1. The molecule has 0 aliphatic carbocycles. The molecule has 1 aromatic carbocycles. The minimum absolute atomic E-state index is 0.142. The number of carbonyl (C=O) groups is 1. The van der Waals surface area contributed by atoms with Gasteiger partial charge in [0.2, 0.25) is 5.91 Å². The van der Waals surface area contributed by atoms with Crippen LogP contribution in [0.25, 0.3) is 11.1 Å². The second-order valence-corrected chi connectivity index (χ2v) is 8.78. The molecule has 3 saturated heterocycles. The Hall–Kier alpha value is -1.97. The third-order valence-electron chi connectivity index (χ3n) is 6.33. The molecule has 3 aliphatic heterocycles. The van der Waals surface area contributed by atoms with Gasteiger partial charge in [0.05, 0.1) is 12.6 Å². The molecule has 0 spiro atoms. The lowest BCUT2D eigenvalue weighted by Gasteiger charge is -2.37. The number of anilines is 1. The van der Waals surface area contributed by atoms with E-state index in [0.717, 1.165) is 31.7 Å². The number of oxazole rings is 1. The molecule has 1 amide bonds. The second-order valence-electron chi connectivity index (χ2n) is 8.35. The highest BCUT2D eigenvalue weighted by Crippen LogP contribution is 2.29. The zero-order valence-electron chi connectivity index (χ0n) is 16.5. The van der Waals surface area contributed by atoms with Crippen molar-refractivity contribution < 1.29 is 18.0 Å². The van der Waals surface area contributed by atoms with Crippen LogP contribution < -0.4 is 10.2 Å². The fourth-order valence-electron chi connectivity index (χ4n) is 4.63. The van der Waals surface area contributed by atoms with Gasteiger partial charge in [-0.1, -0.05) is 11.6 Å². The van der Waals surface area contributed by atoms with Crippen molar-refractivity contribution in [3.05, 3.63) is 23.2 Å². The summed E-state index contributed by atoms with van der Waals surface area (Å²) in [5.41, 5.74) is 1.46. The summed E-state index contributed by atoms with van der Waals surface area (Å²) >= 11 is 6.02. The Bertz CT molecular complexity index is 946. The average molecular weight is 440 g/mol. The Kier molecular flexibility index (Phi) is 5.07. The van der Waals surface area contributed by atoms with Gasteiger partial charge in [0, 0.05) is 62.8 Å². The molecule has 1 N–H and O–H groups in total. The van der Waals surface area contributed by atoms with E-state index in [2.05, 4.69) is 20.1 Å². The normalized spacial score (nSPS) is 27.3. The first-order valence-electron chi connectivity index (χ1n) is 10.3. The van der Waals surface area contributed by atoms with Gasteiger partial charge in [-0.15, -0.1) is 0 Å². The largest absolute Gasteiger partial charge is 0.423 e. The molecule has 5 rings (SSSR count). The van der Waals surface area contributed by atoms with E-state index in [4.69, 9.17) is 16.0 Å². The molecule has 10 heteroatoms. The van der Waals surface area contributed by atoms with Crippen molar-refractivity contribution in [1.82, 2.24) is 20.1 Å². The summed E-state index contributed by atoms with van der Waals surface area (Å²) in [4.78, 5) is 22.9. The third kappa shape index (κ3) is 3.86. The van der Waals surface area contributed by atoms with Crippen LogP contribution in [0, 0.1) is 0 Å². The first-order valence-corrected chi connectivity index (χ1v) is 10.7. The summed E-state index contributed by atoms with van der Waals surface area (Å²) < 4.78 is 32.7. The van der Waals surface area contributed by atoms with Crippen molar-refractivity contribution in [2.75, 3.05) is 50.7 Å². The number of piperazine rings is 1. The molecule has 1 aromatic heterocycles. The van der Waals surface area contributed by atoms with Crippen LogP contribution in [-0.4, -0.2) is 84.5 Å². The van der Waals surface area contributed by atoms with E-state index in [1.165, 1.54) is 4.90 Å². The molecule has 3 fully saturated rings. The Morgan fingerprint density at radius 2 is 2.03 bits per heavy atom. The van der Waals surface area contributed by atoms with Gasteiger partial charge in [-0.2, -0.15) is 4.98 Å². The standard InChI is InChI=1S/C20H24ClF2N5O2/c21-13-1-2-15-17(9-13)30-19(25-15)27-7-5-26(6-8-27)14-10-16(24-11-14)18(29)28-4-3-20(22,23)12-28/h1-2,9,14,16,24H,3-8,10-12H2/t14-,16-/m0/s1. The average Bonchev–Trinajstić information content (AvgIpc) is 3.45. The zero-order valence-corrected chi connectivity index (χ0v) is 17.2. The molecule has 2 atom stereocenters. The van der Waals surface area contributed by atoms with E-state index >= 15 is 0 Å². The number of halogens is 3. The highest BCUT2D eigenvalue weighted by Gasteiger charge is 2.43. The number of hydrogen-bond donors (Lipinski definition) is 1. The van der Waals surface area contributed by atoms with E-state index in [1.807, 2.05) is 6.07 Å². The number of rotatable bonds is 3. The summed E-state index contributed by atoms with van der Waals surface area (Å²) in [5.74, 6) is -2.95. The van der Waals surface area contributed by atoms with Gasteiger partial charge in [0.15, 0.2) is 5.58 Å². The SMILES string of the molecule is O=C([C@@H]1C[C@H](N2CCN(c3nc4ccc(Cl)cc4o3)CC2)CN1)N1CCC(F)(F)C1. The Balaban J connectivity index is 1.16. The molecule has 4 heterocycles. The van der Waals surface area contributed by atoms with Crippen molar-refractivity contribution in [1.29, 1.82) is 0 Å². The third-order valence-corrected chi connectivity index (χ3v) is 6.56. The minimum atomic E-state index is -2.75. The molecule has 30 heavy (non-hydrogen) atoms. The Morgan fingerprint density at radius 3 is 2.77 bits per heavy atom. The molecular weight excluding hydrogens is 416 g/mol. The van der Waals surface area contributed by atoms with Gasteiger partial charge in [0.25, 0.3) is 11.9 Å². The van der Waals surface area contributed by atoms with Crippen molar-refractivity contribution in [3.8, 4) is 0 Å². The highest BCUT2D eigenvalue weighted by atomic mass is 35.5. The topological polar surface area (TPSA) is 64.9 Å². The fourth-order valence-corrected chi connectivity index (χ4v) is 4.79. The van der Waals surface area contributed by atoms with Crippen molar-refractivity contribution in [2.45, 2.75) is 30.8 Å². The summed E-state index contributed by atoms with van der Waals surface area (Å²) in [6, 6.07) is 5.86. The number of benzene rings is 1. The smallest absolute Gasteiger partial charge is 0.298 e. The first-order chi connectivity index (χ1) is 14.4. The van der Waals surface area contributed by atoms with E-state index in [-0.39, 0.29) is 31.0 Å². The van der Waals surface area contributed by atoms with Crippen LogP contribution >= 0.6 is 11.6 Å². The molecule has 7 nitrogen and oxygen atoms in total. The first kappa shape index (κ1) is 20.0. The summed E-state index contributed by atoms with van der Waals surface area (Å²) in [7, 11) is 0. The van der Waals surface area contributed by atoms with Crippen molar-refractivity contribution in [2.24, 2.45) is 0 Å². The van der Waals surface area contributed by atoms with Crippen LogP contribution in [0.5, 0.6) is 0 Å². The predicted molar refractivity (Wildman–Crippen MR) is 109 cm³/mol. The number of likely N-dealkylation sites (tertiary alicyclic amines) is 1. The molecule has 3 aliphatic rings. The Morgan fingerprint density at radius 1 is 1.23 bits per heavy atom. The fraction of sp³-hybridized carbons (Fsp3) is 0.600. The number of nitrogens with zero attached hydrogens (tertiary/aromatic N) is 4. The molecule has 0 saturated carbocycles. The number of carbonyl (C=O) groups excluding carboxylic acids is 1. The van der Waals surface area contributed by atoms with Crippen LogP contribution in [0.15, 0.2) is 22.6 Å². The van der Waals surface area contributed by atoms with E-state index in [9.17, 15) is 13.6 Å². The van der Waals surface area contributed by atoms with Crippen LogP contribution in [-0.2, 0) is 4.79 Å². The summed E-state index contributed by atoms with van der Waals surface area (Å²) in [5, 5.41) is 3.86. The molecular formula is C20H24ClF2N5O2. The molecule has 0 unspecified atom stereocenters. The summed E-state index contributed by atoms with van der Waals surface area (Å²) in [6.07, 6.45) is 0.418. The molecule has 0 bridgehead atoms. The van der Waals surface area contributed by atoms with Crippen molar-refractivity contribution in [3.63, 3.8) is 0 Å². The number of amides is 1. The predicted octanol–water partition coefficient (Wildman–Crippen LogP) is 2.20. The van der Waals surface area contributed by atoms with Crippen LogP contribution in [0.2, 0.25) is 5.02 Å². The summed E-state index contributed by atoms with van der Waals surface area (Å²) in [6.45, 7) is 3.58. The minimum Gasteiger partial charge on any atom is -0.423 e. The maximum absolute atomic E-state index is 13.4. The number of hydrogen-bond acceptors (Lipinski definition) is 6. The molecule has 0 radical (unpaired) electrons. The van der Waals surface area contributed by atoms with Gasteiger partial charge in [-0.3, -0.25) is 9.69 Å². The second kappa shape index (κ2) is 7.62. The number of aromatic nitrogens is 1. The van der Waals surface area contributed by atoms with Gasteiger partial charge in [-0.25, -0.2) is 8.78 Å². The Labute approximate surface area is 177 Å². The van der Waals surface area contributed by atoms with Gasteiger partial charge >= 0.3 is 0 Å². The van der Waals surface area contributed by atoms with Crippen LogP contribution in [0.1, 0.15) is 12.8 Å². The van der Waals surface area contributed by atoms with E-state index < -0.39 is 12.5 Å². The highest BCUT2D eigenvalue weighted by molar-refractivity contribution is 6.31. The van der Waals surface area contributed by atoms with E-state index in [0.29, 0.717) is 29.6 Å². The lowest BCUT2D eigenvalue weighted by Crippen LogP contribution is -2.51. The maximum Gasteiger partial charge on any atom is 0.298 e. The number of alkyl halides is 2. The van der Waals surface area contributed by atoms with E-state index in [1.54, 1.807) is 12.1 Å². The maximum atomic E-state index is 13.4. The number of fused-ring (bicyclic) bond motifs is 1.